The van der Waals surface area contributed by atoms with Gasteiger partial charge in [-0.1, -0.05) is 16.8 Å². The second kappa shape index (κ2) is 15.9. The lowest BCUT2D eigenvalue weighted by Crippen LogP contribution is -2.03. The number of carbonyl (C=O) groups is 1. The molecule has 0 radical (unpaired) electrons. The van der Waals surface area contributed by atoms with Gasteiger partial charge in [-0.2, -0.15) is 28.5 Å². The van der Waals surface area contributed by atoms with Gasteiger partial charge in [-0.25, -0.2) is 5.26 Å². The van der Waals surface area contributed by atoms with Crippen LogP contribution in [0, 0.1) is 11.4 Å². The number of anilines is 2. The number of azo groups is 1. The molecule has 4 aromatic rings. The zero-order chi connectivity index (χ0) is 32.4. The third-order valence-electron chi connectivity index (χ3n) is 4.85. The first-order valence-electron chi connectivity index (χ1n) is 11.5. The number of rotatable bonds is 13. The molecule has 0 unspecified atom stereocenters. The monoisotopic (exact) mass is 714 g/mol. The van der Waals surface area contributed by atoms with E-state index in [9.17, 15) is 18.3 Å². The molecule has 234 valence electrons. The molecule has 0 amide bonds. The Balaban J connectivity index is 1.54. The molecule has 0 atom stereocenters. The lowest BCUT2D eigenvalue weighted by Gasteiger charge is -2.11. The lowest BCUT2D eigenvalue weighted by atomic mass is 10.1. The topological polar surface area (TPSA) is 244 Å². The first-order valence-corrected chi connectivity index (χ1v) is 15.8. The maximum Gasteiger partial charge on any atom is 0.433 e. The zero-order valence-electron chi connectivity index (χ0n) is 21.7. The Kier molecular flexibility index (Phi) is 12.0. The fraction of sp³-hybridized carbons (Fsp3) is 0.0435. The maximum atomic E-state index is 11.1. The minimum Gasteiger partial charge on any atom is -0.505 e. The predicted molar refractivity (Wildman–Crippen MR) is 161 cm³/mol. The number of hydrogen-bond acceptors (Lipinski definition) is 18. The van der Waals surface area contributed by atoms with Crippen molar-refractivity contribution in [2.45, 2.75) is 14.9 Å². The van der Waals surface area contributed by atoms with Gasteiger partial charge in [0.25, 0.3) is 0 Å². The van der Waals surface area contributed by atoms with Crippen LogP contribution in [0.5, 0.6) is 5.75 Å². The number of carboxylic acids is 1. The quantitative estimate of drug-likeness (QED) is 0.0205. The Morgan fingerprint density at radius 3 is 2.58 bits per heavy atom. The summed E-state index contributed by atoms with van der Waals surface area (Å²) in [5, 5.41) is 46.8. The highest BCUT2D eigenvalue weighted by atomic mass is 35.5. The molecule has 4 rings (SSSR count). The van der Waals surface area contributed by atoms with Gasteiger partial charge in [0.05, 0.1) is 28.4 Å². The van der Waals surface area contributed by atoms with Gasteiger partial charge >= 0.3 is 16.4 Å². The van der Waals surface area contributed by atoms with E-state index < -0.39 is 16.4 Å². The summed E-state index contributed by atoms with van der Waals surface area (Å²) in [6.07, 6.45) is 1.93. The van der Waals surface area contributed by atoms with Crippen LogP contribution in [-0.2, 0) is 33.8 Å². The molecule has 0 aliphatic carbocycles. The van der Waals surface area contributed by atoms with Gasteiger partial charge in [-0.3, -0.25) is 14.2 Å². The van der Waals surface area contributed by atoms with Crippen LogP contribution < -0.4 is 5.32 Å². The summed E-state index contributed by atoms with van der Waals surface area (Å²) >= 11 is 8.33. The van der Waals surface area contributed by atoms with Crippen molar-refractivity contribution in [2.24, 2.45) is 10.2 Å². The maximum absolute atomic E-state index is 11.1. The smallest absolute Gasteiger partial charge is 0.433 e. The summed E-state index contributed by atoms with van der Waals surface area (Å²) < 4.78 is 37.4. The minimum absolute atomic E-state index is 0.00472. The molecule has 17 nitrogen and oxygen atoms in total. The van der Waals surface area contributed by atoms with Crippen LogP contribution in [0.2, 0.25) is 5.28 Å². The number of nitrogens with zero attached hydrogens (tertiary/aromatic N) is 5. The molecular formula is C23H15ClN6O11S4. The van der Waals surface area contributed by atoms with Crippen molar-refractivity contribution < 1.29 is 51.8 Å². The molecule has 0 bridgehead atoms. The van der Waals surface area contributed by atoms with E-state index >= 15 is 0 Å². The molecule has 0 aliphatic rings. The van der Waals surface area contributed by atoms with E-state index in [0.29, 0.717) is 39.1 Å². The lowest BCUT2D eigenvalue weighted by molar-refractivity contribution is -0.432. The van der Waals surface area contributed by atoms with Crippen LogP contribution in [0.25, 0.3) is 10.8 Å². The van der Waals surface area contributed by atoms with E-state index in [0.717, 1.165) is 23.5 Å². The molecule has 5 N–H and O–H groups in total. The van der Waals surface area contributed by atoms with Gasteiger partial charge in [0, 0.05) is 21.2 Å². The number of aromatic nitrogens is 3. The normalized spacial score (nSPS) is 11.4. The molecule has 1 aromatic heterocycles. The van der Waals surface area contributed by atoms with Crippen LogP contribution in [-0.4, -0.2) is 55.1 Å². The van der Waals surface area contributed by atoms with Crippen molar-refractivity contribution in [3.05, 3.63) is 53.8 Å². The number of nitrogens with one attached hydrogen (secondary N) is 1. The molecule has 3 aromatic carbocycles. The Morgan fingerprint density at radius 2 is 1.87 bits per heavy atom. The van der Waals surface area contributed by atoms with E-state index in [4.69, 9.17) is 26.5 Å². The first kappa shape index (κ1) is 33.9. The summed E-state index contributed by atoms with van der Waals surface area (Å²) in [6, 6.07) is 12.8. The van der Waals surface area contributed by atoms with Gasteiger partial charge < -0.3 is 15.5 Å². The largest absolute Gasteiger partial charge is 0.505 e. The standard InChI is InChI=1S/C23H15ClN6O11S4/c24-21-26-22(28-23(27-21)43-11-18(31)32)25-14-3-6-16-12(9-14)10-17(44-40-39-34)19(20(16)33)30-29-13-1-4-15(5-2-13)42-8-7-38-41-45(35,36)37/h1-6,9-10,33-34H,11H2,(H,31,32)(H,35,36,37)(H,25,26,27,28). The van der Waals surface area contributed by atoms with Crippen LogP contribution >= 0.6 is 47.2 Å². The number of benzene rings is 3. The van der Waals surface area contributed by atoms with Crippen LogP contribution in [0.4, 0.5) is 23.0 Å². The molecule has 45 heavy (non-hydrogen) atoms. The average molecular weight is 715 g/mol. The highest BCUT2D eigenvalue weighted by Crippen LogP contribution is 2.44. The third kappa shape index (κ3) is 10.6. The molecule has 0 aliphatic heterocycles. The van der Waals surface area contributed by atoms with Gasteiger partial charge in [0.1, 0.15) is 5.69 Å². The molecule has 22 heteroatoms. The number of fused-ring (bicyclic) bond motifs is 1. The minimum atomic E-state index is -4.78. The summed E-state index contributed by atoms with van der Waals surface area (Å²) in [6.45, 7) is 0. The van der Waals surface area contributed by atoms with E-state index in [1.54, 1.807) is 48.5 Å². The van der Waals surface area contributed by atoms with Crippen molar-refractivity contribution in [1.29, 1.82) is 0 Å². The molecule has 0 spiro atoms. The second-order valence-electron chi connectivity index (χ2n) is 7.83. The summed E-state index contributed by atoms with van der Waals surface area (Å²) in [7, 11) is -4.78. The van der Waals surface area contributed by atoms with Crippen molar-refractivity contribution in [1.82, 2.24) is 15.0 Å². The summed E-state index contributed by atoms with van der Waals surface area (Å²) in [5.74, 6) is -1.54. The van der Waals surface area contributed by atoms with Crippen molar-refractivity contribution in [3.63, 3.8) is 0 Å². The number of halogens is 1. The third-order valence-corrected chi connectivity index (χ3v) is 7.40. The van der Waals surface area contributed by atoms with E-state index in [1.165, 1.54) is 0 Å². The highest BCUT2D eigenvalue weighted by molar-refractivity contribution is 8.04. The number of aliphatic carboxylic acids is 1. The fourth-order valence-electron chi connectivity index (χ4n) is 3.19. The van der Waals surface area contributed by atoms with E-state index in [-0.39, 0.29) is 38.5 Å². The number of carboxylic acid groups (broad SMARTS) is 1. The fourth-order valence-corrected chi connectivity index (χ4v) is 5.04. The summed E-state index contributed by atoms with van der Waals surface area (Å²) in [4.78, 5) is 27.7. The SMILES string of the molecule is O=C(O)CSc1nc(Cl)nc(Nc2ccc3c(O)c(N=Nc4ccc(SC#COOS(=O)(=O)O)cc4)c(SOOO)cc3c2)n1. The molecular weight excluding hydrogens is 700 g/mol. The van der Waals surface area contributed by atoms with E-state index in [2.05, 4.69) is 54.3 Å². The second-order valence-corrected chi connectivity index (χ2v) is 11.7. The van der Waals surface area contributed by atoms with Gasteiger partial charge in [-0.05, 0) is 81.6 Å². The van der Waals surface area contributed by atoms with Crippen molar-refractivity contribution >= 4 is 97.3 Å². The van der Waals surface area contributed by atoms with Crippen molar-refractivity contribution in [2.75, 3.05) is 11.1 Å². The number of phenols is 1. The van der Waals surface area contributed by atoms with Gasteiger partial charge in [-0.15, -0.1) is 9.45 Å². The van der Waals surface area contributed by atoms with Gasteiger partial charge in [0.2, 0.25) is 11.2 Å². The average Bonchev–Trinajstić information content (AvgIpc) is 2.98. The van der Waals surface area contributed by atoms with E-state index in [1.807, 2.05) is 6.11 Å². The molecule has 0 saturated carbocycles. The highest BCUT2D eigenvalue weighted by Gasteiger charge is 2.16. The zero-order valence-corrected chi connectivity index (χ0v) is 25.7. The van der Waals surface area contributed by atoms with Crippen molar-refractivity contribution in [3.8, 4) is 17.1 Å². The van der Waals surface area contributed by atoms with Crippen LogP contribution in [0.1, 0.15) is 0 Å². The Bertz CT molecular complexity index is 1910. The molecule has 1 heterocycles. The molecule has 0 saturated heterocycles. The van der Waals surface area contributed by atoms with Crippen LogP contribution in [0.3, 0.4) is 0 Å². The number of thioether (sulfide) groups is 2. The Labute approximate surface area is 270 Å². The Hall–Kier alpha value is -3.95. The first-order chi connectivity index (χ1) is 21.5. The Morgan fingerprint density at radius 1 is 1.09 bits per heavy atom. The predicted octanol–water partition coefficient (Wildman–Crippen LogP) is 5.91. The molecule has 0 fully saturated rings. The van der Waals surface area contributed by atoms with Crippen LogP contribution in [0.15, 0.2) is 73.7 Å². The number of hydrogen-bond donors (Lipinski definition) is 5. The number of aromatic hydroxyl groups is 1. The number of phenolic OH excluding ortho intramolecular Hbond substituents is 1. The summed E-state index contributed by atoms with van der Waals surface area (Å²) in [5.41, 5.74) is 0.850. The van der Waals surface area contributed by atoms with Gasteiger partial charge in [0.15, 0.2) is 17.0 Å².